The van der Waals surface area contributed by atoms with E-state index in [0.717, 1.165) is 11.6 Å². The number of nitrogens with zero attached hydrogens (tertiary/aromatic N) is 1. The third-order valence-electron chi connectivity index (χ3n) is 2.68. The van der Waals surface area contributed by atoms with Crippen LogP contribution in [0.1, 0.15) is 24.1 Å². The SMILES string of the molecule is C[C@@H](NCc1cccnc1)c1cccc(Cl)c1. The molecule has 1 heterocycles. The van der Waals surface area contributed by atoms with Crippen molar-refractivity contribution in [1.82, 2.24) is 10.3 Å². The van der Waals surface area contributed by atoms with E-state index in [-0.39, 0.29) is 6.04 Å². The summed E-state index contributed by atoms with van der Waals surface area (Å²) in [5, 5.41) is 4.22. The fraction of sp³-hybridized carbons (Fsp3) is 0.214. The van der Waals surface area contributed by atoms with E-state index in [1.54, 1.807) is 6.20 Å². The van der Waals surface area contributed by atoms with Crippen LogP contribution < -0.4 is 5.32 Å². The summed E-state index contributed by atoms with van der Waals surface area (Å²) in [4.78, 5) is 4.09. The Morgan fingerprint density at radius 3 is 2.88 bits per heavy atom. The minimum atomic E-state index is 0.272. The van der Waals surface area contributed by atoms with Gasteiger partial charge in [0.25, 0.3) is 0 Å². The second-order valence-corrected chi connectivity index (χ2v) is 4.46. The molecule has 0 amide bonds. The van der Waals surface area contributed by atoms with E-state index in [0.29, 0.717) is 0 Å². The molecular formula is C14H15ClN2. The van der Waals surface area contributed by atoms with Crippen LogP contribution >= 0.6 is 11.6 Å². The Balaban J connectivity index is 1.96. The molecule has 0 unspecified atom stereocenters. The van der Waals surface area contributed by atoms with E-state index in [9.17, 15) is 0 Å². The number of halogens is 1. The molecule has 0 radical (unpaired) electrons. The lowest BCUT2D eigenvalue weighted by Crippen LogP contribution is -2.18. The molecule has 1 N–H and O–H groups in total. The summed E-state index contributed by atoms with van der Waals surface area (Å²) in [5.41, 5.74) is 2.38. The van der Waals surface area contributed by atoms with Gasteiger partial charge in [-0.05, 0) is 36.2 Å². The van der Waals surface area contributed by atoms with E-state index in [1.807, 2.05) is 30.5 Å². The molecule has 0 spiro atoms. The van der Waals surface area contributed by atoms with Gasteiger partial charge in [0.2, 0.25) is 0 Å². The van der Waals surface area contributed by atoms with Crippen LogP contribution in [0.25, 0.3) is 0 Å². The van der Waals surface area contributed by atoms with Crippen molar-refractivity contribution in [2.45, 2.75) is 19.5 Å². The van der Waals surface area contributed by atoms with E-state index in [1.165, 1.54) is 11.1 Å². The third-order valence-corrected chi connectivity index (χ3v) is 2.92. The van der Waals surface area contributed by atoms with Crippen molar-refractivity contribution in [3.05, 3.63) is 64.9 Å². The van der Waals surface area contributed by atoms with Gasteiger partial charge in [-0.25, -0.2) is 0 Å². The Labute approximate surface area is 107 Å². The molecule has 88 valence electrons. The molecule has 17 heavy (non-hydrogen) atoms. The molecule has 0 fully saturated rings. The van der Waals surface area contributed by atoms with Crippen LogP contribution in [0, 0.1) is 0 Å². The lowest BCUT2D eigenvalue weighted by atomic mass is 10.1. The standard InChI is InChI=1S/C14H15ClN2/c1-11(13-5-2-6-14(15)8-13)17-10-12-4-3-7-16-9-12/h2-9,11,17H,10H2,1H3/t11-/m1/s1. The zero-order valence-corrected chi connectivity index (χ0v) is 10.5. The van der Waals surface area contributed by atoms with Crippen LogP contribution in [0.3, 0.4) is 0 Å². The molecule has 1 aromatic carbocycles. The van der Waals surface area contributed by atoms with Crippen molar-refractivity contribution in [2.75, 3.05) is 0 Å². The first kappa shape index (κ1) is 12.1. The molecule has 0 aliphatic rings. The lowest BCUT2D eigenvalue weighted by molar-refractivity contribution is 0.574. The van der Waals surface area contributed by atoms with Gasteiger partial charge in [-0.2, -0.15) is 0 Å². The summed E-state index contributed by atoms with van der Waals surface area (Å²) in [6.45, 7) is 2.93. The van der Waals surface area contributed by atoms with Gasteiger partial charge in [-0.15, -0.1) is 0 Å². The van der Waals surface area contributed by atoms with E-state index >= 15 is 0 Å². The molecule has 1 aromatic heterocycles. The smallest absolute Gasteiger partial charge is 0.0409 e. The molecule has 2 nitrogen and oxygen atoms in total. The summed E-state index contributed by atoms with van der Waals surface area (Å²) < 4.78 is 0. The van der Waals surface area contributed by atoms with Crippen LogP contribution in [0.5, 0.6) is 0 Å². The first-order valence-corrected chi connectivity index (χ1v) is 6.01. The summed E-state index contributed by atoms with van der Waals surface area (Å²) >= 11 is 5.97. The van der Waals surface area contributed by atoms with Gasteiger partial charge >= 0.3 is 0 Å². The van der Waals surface area contributed by atoms with Crippen molar-refractivity contribution >= 4 is 11.6 Å². The average molecular weight is 247 g/mol. The molecular weight excluding hydrogens is 232 g/mol. The highest BCUT2D eigenvalue weighted by Gasteiger charge is 2.04. The fourth-order valence-electron chi connectivity index (χ4n) is 1.67. The van der Waals surface area contributed by atoms with Gasteiger partial charge in [0.15, 0.2) is 0 Å². The maximum Gasteiger partial charge on any atom is 0.0409 e. The predicted molar refractivity (Wildman–Crippen MR) is 70.9 cm³/mol. The number of rotatable bonds is 4. The van der Waals surface area contributed by atoms with E-state index < -0.39 is 0 Å². The topological polar surface area (TPSA) is 24.9 Å². The highest BCUT2D eigenvalue weighted by Crippen LogP contribution is 2.17. The zero-order chi connectivity index (χ0) is 12.1. The molecule has 0 saturated heterocycles. The van der Waals surface area contributed by atoms with Crippen LogP contribution in [0.4, 0.5) is 0 Å². The number of aromatic nitrogens is 1. The number of pyridine rings is 1. The zero-order valence-electron chi connectivity index (χ0n) is 9.73. The van der Waals surface area contributed by atoms with Crippen molar-refractivity contribution in [2.24, 2.45) is 0 Å². The Morgan fingerprint density at radius 1 is 1.29 bits per heavy atom. The molecule has 0 aliphatic carbocycles. The molecule has 0 saturated carbocycles. The van der Waals surface area contributed by atoms with Gasteiger partial charge in [0.1, 0.15) is 0 Å². The summed E-state index contributed by atoms with van der Waals surface area (Å²) in [5.74, 6) is 0. The largest absolute Gasteiger partial charge is 0.306 e. The second kappa shape index (κ2) is 5.80. The molecule has 2 rings (SSSR count). The first-order chi connectivity index (χ1) is 8.25. The second-order valence-electron chi connectivity index (χ2n) is 4.02. The van der Waals surface area contributed by atoms with Gasteiger partial charge in [-0.3, -0.25) is 4.98 Å². The van der Waals surface area contributed by atoms with Crippen molar-refractivity contribution in [3.8, 4) is 0 Å². The van der Waals surface area contributed by atoms with Crippen molar-refractivity contribution < 1.29 is 0 Å². The number of hydrogen-bond acceptors (Lipinski definition) is 2. The minimum Gasteiger partial charge on any atom is -0.306 e. The van der Waals surface area contributed by atoms with Gasteiger partial charge < -0.3 is 5.32 Å². The Bertz CT molecular complexity index is 471. The highest BCUT2D eigenvalue weighted by molar-refractivity contribution is 6.30. The van der Waals surface area contributed by atoms with Crippen LogP contribution in [0.2, 0.25) is 5.02 Å². The van der Waals surface area contributed by atoms with Gasteiger partial charge in [-0.1, -0.05) is 29.8 Å². The van der Waals surface area contributed by atoms with Crippen molar-refractivity contribution in [3.63, 3.8) is 0 Å². The van der Waals surface area contributed by atoms with Crippen LogP contribution in [0.15, 0.2) is 48.8 Å². The van der Waals surface area contributed by atoms with E-state index in [4.69, 9.17) is 11.6 Å². The molecule has 0 aliphatic heterocycles. The maximum atomic E-state index is 5.97. The predicted octanol–water partition coefficient (Wildman–Crippen LogP) is 3.59. The van der Waals surface area contributed by atoms with Crippen LogP contribution in [-0.4, -0.2) is 4.98 Å². The first-order valence-electron chi connectivity index (χ1n) is 5.63. The van der Waals surface area contributed by atoms with E-state index in [2.05, 4.69) is 29.4 Å². The summed E-state index contributed by atoms with van der Waals surface area (Å²) in [7, 11) is 0. The average Bonchev–Trinajstić information content (AvgIpc) is 2.37. The summed E-state index contributed by atoms with van der Waals surface area (Å²) in [6.07, 6.45) is 3.65. The number of hydrogen-bond donors (Lipinski definition) is 1. The highest BCUT2D eigenvalue weighted by atomic mass is 35.5. The number of nitrogens with one attached hydrogen (secondary N) is 1. The lowest BCUT2D eigenvalue weighted by Gasteiger charge is -2.14. The van der Waals surface area contributed by atoms with Crippen molar-refractivity contribution in [1.29, 1.82) is 0 Å². The minimum absolute atomic E-state index is 0.272. The Morgan fingerprint density at radius 2 is 2.18 bits per heavy atom. The van der Waals surface area contributed by atoms with Gasteiger partial charge in [0, 0.05) is 30.0 Å². The molecule has 0 bridgehead atoms. The van der Waals surface area contributed by atoms with Gasteiger partial charge in [0.05, 0.1) is 0 Å². The Hall–Kier alpha value is -1.38. The molecule has 3 heteroatoms. The fourth-order valence-corrected chi connectivity index (χ4v) is 1.87. The quantitative estimate of drug-likeness (QED) is 0.892. The number of benzene rings is 1. The molecule has 1 atom stereocenters. The van der Waals surface area contributed by atoms with Crippen LogP contribution in [-0.2, 0) is 6.54 Å². The molecule has 2 aromatic rings. The monoisotopic (exact) mass is 246 g/mol. The normalized spacial score (nSPS) is 12.4. The Kier molecular flexibility index (Phi) is 4.13. The maximum absolute atomic E-state index is 5.97. The summed E-state index contributed by atoms with van der Waals surface area (Å²) in [6, 6.07) is 12.2. The third kappa shape index (κ3) is 3.55.